The average Bonchev–Trinajstić information content (AvgIpc) is 3.17. The molecule has 6 nitrogen and oxygen atoms in total. The lowest BCUT2D eigenvalue weighted by Gasteiger charge is -2.12. The fourth-order valence-electron chi connectivity index (χ4n) is 2.94. The fraction of sp³-hybridized carbons (Fsp3) is 0.350. The van der Waals surface area contributed by atoms with Crippen molar-refractivity contribution in [2.24, 2.45) is 0 Å². The van der Waals surface area contributed by atoms with Gasteiger partial charge in [0.25, 0.3) is 5.91 Å². The smallest absolute Gasteiger partial charge is 0.255 e. The van der Waals surface area contributed by atoms with Gasteiger partial charge in [0.05, 0.1) is 11.0 Å². The number of carbonyl (C=O) groups is 1. The molecule has 2 aromatic carbocycles. The molecule has 1 atom stereocenters. The van der Waals surface area contributed by atoms with Crippen molar-refractivity contribution in [3.8, 4) is 0 Å². The van der Waals surface area contributed by atoms with Gasteiger partial charge in [0, 0.05) is 24.4 Å². The van der Waals surface area contributed by atoms with Crippen molar-refractivity contribution in [1.29, 1.82) is 0 Å². The SMILES string of the molecule is Cc1ccc(C)c(NC(=O)c2ccc(S(=O)(=O)NCC3CCCO3)cc2)c1. The summed E-state index contributed by atoms with van der Waals surface area (Å²) >= 11 is 0. The van der Waals surface area contributed by atoms with Crippen LogP contribution in [0.25, 0.3) is 0 Å². The van der Waals surface area contributed by atoms with Crippen molar-refractivity contribution in [3.05, 3.63) is 59.2 Å². The number of amides is 1. The molecule has 3 rings (SSSR count). The summed E-state index contributed by atoms with van der Waals surface area (Å²) in [6.07, 6.45) is 1.75. The number of ether oxygens (including phenoxy) is 1. The summed E-state index contributed by atoms with van der Waals surface area (Å²) in [6, 6.07) is 11.7. The Morgan fingerprint density at radius 3 is 2.56 bits per heavy atom. The molecule has 1 amide bonds. The number of nitrogens with one attached hydrogen (secondary N) is 2. The maximum Gasteiger partial charge on any atom is 0.255 e. The van der Waals surface area contributed by atoms with Crippen LogP contribution < -0.4 is 10.0 Å². The third kappa shape index (κ3) is 4.94. The van der Waals surface area contributed by atoms with Gasteiger partial charge < -0.3 is 10.1 Å². The van der Waals surface area contributed by atoms with Crippen LogP contribution in [-0.4, -0.2) is 33.6 Å². The summed E-state index contributed by atoms with van der Waals surface area (Å²) in [6.45, 7) is 4.82. The molecule has 1 unspecified atom stereocenters. The van der Waals surface area contributed by atoms with Crippen molar-refractivity contribution in [1.82, 2.24) is 4.72 Å². The van der Waals surface area contributed by atoms with E-state index in [2.05, 4.69) is 10.0 Å². The second kappa shape index (κ2) is 8.21. The zero-order valence-electron chi connectivity index (χ0n) is 15.5. The van der Waals surface area contributed by atoms with Crippen LogP contribution in [0.3, 0.4) is 0 Å². The van der Waals surface area contributed by atoms with Crippen LogP contribution in [0.4, 0.5) is 5.69 Å². The van der Waals surface area contributed by atoms with Gasteiger partial charge in [-0.3, -0.25) is 4.79 Å². The fourth-order valence-corrected chi connectivity index (χ4v) is 4.01. The minimum Gasteiger partial charge on any atom is -0.377 e. The highest BCUT2D eigenvalue weighted by Crippen LogP contribution is 2.18. The molecule has 27 heavy (non-hydrogen) atoms. The Morgan fingerprint density at radius 1 is 1.15 bits per heavy atom. The highest BCUT2D eigenvalue weighted by atomic mass is 32.2. The first-order valence-corrected chi connectivity index (χ1v) is 10.4. The molecular weight excluding hydrogens is 364 g/mol. The van der Waals surface area contributed by atoms with Gasteiger partial charge in [-0.05, 0) is 68.1 Å². The summed E-state index contributed by atoms with van der Waals surface area (Å²) in [5.41, 5.74) is 3.16. The molecule has 1 aliphatic heterocycles. The Morgan fingerprint density at radius 2 is 1.89 bits per heavy atom. The predicted octanol–water partition coefficient (Wildman–Crippen LogP) is 3.01. The van der Waals surface area contributed by atoms with E-state index >= 15 is 0 Å². The second-order valence-electron chi connectivity index (χ2n) is 6.78. The van der Waals surface area contributed by atoms with E-state index in [0.29, 0.717) is 12.2 Å². The molecule has 1 heterocycles. The molecule has 0 radical (unpaired) electrons. The first-order valence-electron chi connectivity index (χ1n) is 8.95. The summed E-state index contributed by atoms with van der Waals surface area (Å²) in [4.78, 5) is 12.6. The minimum atomic E-state index is -3.62. The van der Waals surface area contributed by atoms with Gasteiger partial charge in [0.2, 0.25) is 10.0 Å². The van der Waals surface area contributed by atoms with Gasteiger partial charge in [0.15, 0.2) is 0 Å². The molecule has 1 saturated heterocycles. The molecule has 1 aliphatic rings. The van der Waals surface area contributed by atoms with Crippen LogP contribution >= 0.6 is 0 Å². The number of hydrogen-bond donors (Lipinski definition) is 2. The number of sulfonamides is 1. The van der Waals surface area contributed by atoms with Gasteiger partial charge in [0.1, 0.15) is 0 Å². The molecule has 0 saturated carbocycles. The quantitative estimate of drug-likeness (QED) is 0.797. The molecule has 144 valence electrons. The number of hydrogen-bond acceptors (Lipinski definition) is 4. The lowest BCUT2D eigenvalue weighted by molar-refractivity contribution is 0.102. The van der Waals surface area contributed by atoms with E-state index in [-0.39, 0.29) is 23.5 Å². The standard InChI is InChI=1S/C20H24N2O4S/c1-14-5-6-15(2)19(12-14)22-20(23)16-7-9-18(10-8-16)27(24,25)21-13-17-4-3-11-26-17/h5-10,12,17,21H,3-4,11,13H2,1-2H3,(H,22,23). The predicted molar refractivity (Wildman–Crippen MR) is 104 cm³/mol. The van der Waals surface area contributed by atoms with E-state index in [9.17, 15) is 13.2 Å². The molecule has 2 aromatic rings. The summed E-state index contributed by atoms with van der Waals surface area (Å²) < 4.78 is 32.7. The summed E-state index contributed by atoms with van der Waals surface area (Å²) in [5, 5.41) is 2.87. The van der Waals surface area contributed by atoms with Crippen LogP contribution in [0.2, 0.25) is 0 Å². The van der Waals surface area contributed by atoms with Gasteiger partial charge >= 0.3 is 0 Å². The van der Waals surface area contributed by atoms with Gasteiger partial charge in [-0.1, -0.05) is 12.1 Å². The number of rotatable bonds is 6. The second-order valence-corrected chi connectivity index (χ2v) is 8.55. The topological polar surface area (TPSA) is 84.5 Å². The van der Waals surface area contributed by atoms with Crippen molar-refractivity contribution >= 4 is 21.6 Å². The van der Waals surface area contributed by atoms with E-state index in [4.69, 9.17) is 4.74 Å². The first-order chi connectivity index (χ1) is 12.8. The van der Waals surface area contributed by atoms with E-state index in [0.717, 1.165) is 29.7 Å². The lowest BCUT2D eigenvalue weighted by atomic mass is 10.1. The Labute approximate surface area is 160 Å². The van der Waals surface area contributed by atoms with E-state index in [1.807, 2.05) is 32.0 Å². The maximum absolute atomic E-state index is 12.4. The van der Waals surface area contributed by atoms with Crippen LogP contribution in [0.15, 0.2) is 47.4 Å². The normalized spacial score (nSPS) is 17.0. The third-order valence-electron chi connectivity index (χ3n) is 4.59. The monoisotopic (exact) mass is 388 g/mol. The number of benzene rings is 2. The summed E-state index contributed by atoms with van der Waals surface area (Å²) in [7, 11) is -3.62. The number of anilines is 1. The van der Waals surface area contributed by atoms with E-state index < -0.39 is 10.0 Å². The molecule has 0 aliphatic carbocycles. The molecule has 2 N–H and O–H groups in total. The maximum atomic E-state index is 12.4. The zero-order chi connectivity index (χ0) is 19.4. The van der Waals surface area contributed by atoms with E-state index in [1.165, 1.54) is 24.3 Å². The van der Waals surface area contributed by atoms with Gasteiger partial charge in [-0.25, -0.2) is 13.1 Å². The Kier molecular flexibility index (Phi) is 5.94. The van der Waals surface area contributed by atoms with Gasteiger partial charge in [-0.2, -0.15) is 0 Å². The largest absolute Gasteiger partial charge is 0.377 e. The lowest BCUT2D eigenvalue weighted by Crippen LogP contribution is -2.31. The van der Waals surface area contributed by atoms with Crippen molar-refractivity contribution in [2.45, 2.75) is 37.7 Å². The Bertz CT molecular complexity index is 917. The zero-order valence-corrected chi connectivity index (χ0v) is 16.3. The van der Waals surface area contributed by atoms with Crippen molar-refractivity contribution in [2.75, 3.05) is 18.5 Å². The summed E-state index contributed by atoms with van der Waals surface area (Å²) in [5.74, 6) is -0.278. The van der Waals surface area contributed by atoms with Crippen LogP contribution in [-0.2, 0) is 14.8 Å². The van der Waals surface area contributed by atoms with Crippen molar-refractivity contribution in [3.63, 3.8) is 0 Å². The number of aryl methyl sites for hydroxylation is 2. The molecule has 0 aromatic heterocycles. The van der Waals surface area contributed by atoms with Gasteiger partial charge in [-0.15, -0.1) is 0 Å². The molecule has 7 heteroatoms. The Hall–Kier alpha value is -2.22. The van der Waals surface area contributed by atoms with Crippen LogP contribution in [0.1, 0.15) is 34.3 Å². The highest BCUT2D eigenvalue weighted by Gasteiger charge is 2.20. The van der Waals surface area contributed by atoms with Crippen molar-refractivity contribution < 1.29 is 17.9 Å². The average molecular weight is 388 g/mol. The van der Waals surface area contributed by atoms with Crippen LogP contribution in [0, 0.1) is 13.8 Å². The third-order valence-corrected chi connectivity index (χ3v) is 6.03. The molecule has 0 bridgehead atoms. The van der Waals surface area contributed by atoms with Crippen LogP contribution in [0.5, 0.6) is 0 Å². The molecule has 1 fully saturated rings. The number of carbonyl (C=O) groups excluding carboxylic acids is 1. The minimum absolute atomic E-state index is 0.0672. The molecule has 0 spiro atoms. The first kappa shape index (κ1) is 19.5. The molecular formula is C20H24N2O4S. The Balaban J connectivity index is 1.66. The van der Waals surface area contributed by atoms with E-state index in [1.54, 1.807) is 0 Å². The highest BCUT2D eigenvalue weighted by molar-refractivity contribution is 7.89.